The number of hydrogen-bond donors (Lipinski definition) is 2. The lowest BCUT2D eigenvalue weighted by molar-refractivity contribution is -0.136. The molecule has 150 valence electrons. The zero-order valence-electron chi connectivity index (χ0n) is 15.6. The van der Waals surface area contributed by atoms with Crippen LogP contribution in [0.1, 0.15) is 37.7 Å². The number of anilines is 1. The maximum atomic E-state index is 12.5. The van der Waals surface area contributed by atoms with Gasteiger partial charge in [0.25, 0.3) is 0 Å². The van der Waals surface area contributed by atoms with Gasteiger partial charge in [0.2, 0.25) is 0 Å². The Labute approximate surface area is 157 Å². The highest BCUT2D eigenvalue weighted by Crippen LogP contribution is 2.25. The molecule has 0 bridgehead atoms. The van der Waals surface area contributed by atoms with Gasteiger partial charge in [-0.1, -0.05) is 18.2 Å². The van der Waals surface area contributed by atoms with Crippen molar-refractivity contribution >= 4 is 17.5 Å². The molecule has 2 amide bonds. The average molecular weight is 385 g/mol. The monoisotopic (exact) mass is 385 g/mol. The van der Waals surface area contributed by atoms with Gasteiger partial charge in [-0.2, -0.15) is 13.2 Å². The van der Waals surface area contributed by atoms with Crippen molar-refractivity contribution in [1.29, 1.82) is 0 Å². The van der Waals surface area contributed by atoms with Crippen LogP contribution in [0.4, 0.5) is 18.9 Å². The van der Waals surface area contributed by atoms with Gasteiger partial charge in [-0.3, -0.25) is 9.59 Å². The molecule has 1 saturated carbocycles. The third kappa shape index (κ3) is 6.86. The van der Waals surface area contributed by atoms with Crippen LogP contribution in [0.25, 0.3) is 0 Å². The molecule has 0 aliphatic heterocycles. The molecule has 2 N–H and O–H groups in total. The van der Waals surface area contributed by atoms with E-state index in [0.717, 1.165) is 25.7 Å². The van der Waals surface area contributed by atoms with Gasteiger partial charge >= 0.3 is 18.0 Å². The Bertz CT molecular complexity index is 662. The van der Waals surface area contributed by atoms with Crippen LogP contribution in [-0.2, 0) is 16.0 Å². The summed E-state index contributed by atoms with van der Waals surface area (Å²) in [5, 5.41) is 5.18. The van der Waals surface area contributed by atoms with Crippen molar-refractivity contribution in [3.8, 4) is 0 Å². The summed E-state index contributed by atoms with van der Waals surface area (Å²) < 4.78 is 37.4. The van der Waals surface area contributed by atoms with Crippen LogP contribution in [0.2, 0.25) is 0 Å². The molecule has 1 aromatic carbocycles. The minimum atomic E-state index is -4.28. The number of carbonyl (C=O) groups is 2. The number of aryl methyl sites for hydroxylation is 1. The highest BCUT2D eigenvalue weighted by Gasteiger charge is 2.28. The molecule has 0 heterocycles. The predicted octanol–water partition coefficient (Wildman–Crippen LogP) is 3.11. The second-order valence-electron chi connectivity index (χ2n) is 7.18. The fraction of sp³-hybridized carbons (Fsp3) is 0.579. The summed E-state index contributed by atoms with van der Waals surface area (Å²) in [5.41, 5.74) is 0.582. The first-order valence-electron chi connectivity index (χ1n) is 9.08. The highest BCUT2D eigenvalue weighted by molar-refractivity contribution is 6.39. The van der Waals surface area contributed by atoms with Gasteiger partial charge in [0, 0.05) is 24.2 Å². The first kappa shape index (κ1) is 21.2. The molecule has 0 radical (unpaired) electrons. The SMILES string of the molecule is CN(C)[C@H]1CCC[C@@H](NC(=O)C(=O)Nc2ccccc2CCC(F)(F)F)C1. The summed E-state index contributed by atoms with van der Waals surface area (Å²) in [6.07, 6.45) is -1.92. The van der Waals surface area contributed by atoms with E-state index in [1.165, 1.54) is 12.1 Å². The van der Waals surface area contributed by atoms with Gasteiger partial charge in [-0.15, -0.1) is 0 Å². The zero-order valence-corrected chi connectivity index (χ0v) is 15.6. The number of amides is 2. The van der Waals surface area contributed by atoms with E-state index in [1.54, 1.807) is 12.1 Å². The third-order valence-electron chi connectivity index (χ3n) is 4.86. The van der Waals surface area contributed by atoms with Crippen LogP contribution >= 0.6 is 0 Å². The molecule has 2 atom stereocenters. The fourth-order valence-corrected chi connectivity index (χ4v) is 3.33. The molecule has 1 aromatic rings. The quantitative estimate of drug-likeness (QED) is 0.766. The summed E-state index contributed by atoms with van der Waals surface area (Å²) in [7, 11) is 3.97. The van der Waals surface area contributed by atoms with E-state index in [2.05, 4.69) is 15.5 Å². The van der Waals surface area contributed by atoms with Crippen molar-refractivity contribution in [2.75, 3.05) is 19.4 Å². The lowest BCUT2D eigenvalue weighted by Crippen LogP contribution is -2.47. The normalized spacial score (nSPS) is 20.4. The second-order valence-corrected chi connectivity index (χ2v) is 7.18. The van der Waals surface area contributed by atoms with Crippen molar-refractivity contribution in [3.05, 3.63) is 29.8 Å². The Kier molecular flexibility index (Phi) is 7.24. The molecule has 1 aliphatic carbocycles. The van der Waals surface area contributed by atoms with Crippen LogP contribution in [0.15, 0.2) is 24.3 Å². The molecule has 0 spiro atoms. The van der Waals surface area contributed by atoms with Crippen LogP contribution in [0.5, 0.6) is 0 Å². The number of rotatable bonds is 5. The van der Waals surface area contributed by atoms with Gasteiger partial charge in [-0.25, -0.2) is 0 Å². The Balaban J connectivity index is 1.93. The van der Waals surface area contributed by atoms with E-state index in [1.807, 2.05) is 14.1 Å². The lowest BCUT2D eigenvalue weighted by Gasteiger charge is -2.33. The summed E-state index contributed by atoms with van der Waals surface area (Å²) in [5.74, 6) is -1.62. The largest absolute Gasteiger partial charge is 0.389 e. The first-order chi connectivity index (χ1) is 12.7. The Morgan fingerprint density at radius 2 is 1.85 bits per heavy atom. The summed E-state index contributed by atoms with van der Waals surface area (Å²) in [6, 6.07) is 6.50. The third-order valence-corrected chi connectivity index (χ3v) is 4.86. The number of halogens is 3. The van der Waals surface area contributed by atoms with Crippen LogP contribution < -0.4 is 10.6 Å². The Hall–Kier alpha value is -2.09. The molecule has 27 heavy (non-hydrogen) atoms. The molecule has 8 heteroatoms. The molecular formula is C19H26F3N3O2. The van der Waals surface area contributed by atoms with Crippen LogP contribution in [0.3, 0.4) is 0 Å². The van der Waals surface area contributed by atoms with Crippen molar-refractivity contribution in [3.63, 3.8) is 0 Å². The highest BCUT2D eigenvalue weighted by atomic mass is 19.4. The smallest absolute Gasteiger partial charge is 0.345 e. The number of nitrogens with zero attached hydrogens (tertiary/aromatic N) is 1. The zero-order chi connectivity index (χ0) is 20.0. The van der Waals surface area contributed by atoms with Crippen molar-refractivity contribution in [1.82, 2.24) is 10.2 Å². The van der Waals surface area contributed by atoms with Gasteiger partial charge in [0.05, 0.1) is 0 Å². The van der Waals surface area contributed by atoms with E-state index < -0.39 is 24.4 Å². The maximum absolute atomic E-state index is 12.5. The van der Waals surface area contributed by atoms with Gasteiger partial charge < -0.3 is 15.5 Å². The number of benzene rings is 1. The Morgan fingerprint density at radius 3 is 2.52 bits per heavy atom. The molecule has 5 nitrogen and oxygen atoms in total. The van der Waals surface area contributed by atoms with E-state index in [9.17, 15) is 22.8 Å². The molecule has 0 aromatic heterocycles. The summed E-state index contributed by atoms with van der Waals surface area (Å²) in [6.45, 7) is 0. The van der Waals surface area contributed by atoms with Gasteiger partial charge in [-0.05, 0) is 57.8 Å². The topological polar surface area (TPSA) is 61.4 Å². The average Bonchev–Trinajstić information content (AvgIpc) is 2.60. The van der Waals surface area contributed by atoms with Crippen molar-refractivity contribution in [2.45, 2.75) is 56.8 Å². The number of carbonyl (C=O) groups excluding carboxylic acids is 2. The van der Waals surface area contributed by atoms with E-state index >= 15 is 0 Å². The summed E-state index contributed by atoms with van der Waals surface area (Å²) >= 11 is 0. The minimum Gasteiger partial charge on any atom is -0.345 e. The van der Waals surface area contributed by atoms with E-state index in [0.29, 0.717) is 11.6 Å². The fourth-order valence-electron chi connectivity index (χ4n) is 3.33. The minimum absolute atomic E-state index is 0.0788. The summed E-state index contributed by atoms with van der Waals surface area (Å²) in [4.78, 5) is 26.5. The van der Waals surface area contributed by atoms with E-state index in [-0.39, 0.29) is 18.2 Å². The maximum Gasteiger partial charge on any atom is 0.389 e. The molecule has 0 saturated heterocycles. The predicted molar refractivity (Wildman–Crippen MR) is 97.3 cm³/mol. The molecule has 1 aliphatic rings. The second kappa shape index (κ2) is 9.21. The first-order valence-corrected chi connectivity index (χ1v) is 9.08. The molecule has 2 rings (SSSR count). The van der Waals surface area contributed by atoms with Gasteiger partial charge in [0.1, 0.15) is 0 Å². The number of nitrogens with one attached hydrogen (secondary N) is 2. The van der Waals surface area contributed by atoms with Crippen molar-refractivity contribution in [2.24, 2.45) is 0 Å². The van der Waals surface area contributed by atoms with E-state index in [4.69, 9.17) is 0 Å². The number of para-hydroxylation sites is 1. The van der Waals surface area contributed by atoms with Crippen molar-refractivity contribution < 1.29 is 22.8 Å². The molecule has 1 fully saturated rings. The Morgan fingerprint density at radius 1 is 1.15 bits per heavy atom. The van der Waals surface area contributed by atoms with Crippen LogP contribution in [-0.4, -0.2) is 49.1 Å². The number of hydrogen-bond acceptors (Lipinski definition) is 3. The standard InChI is InChI=1S/C19H26F3N3O2/c1-25(2)15-8-5-7-14(12-15)23-17(26)18(27)24-16-9-4-3-6-13(16)10-11-19(20,21)22/h3-4,6,9,14-15H,5,7-8,10-12H2,1-2H3,(H,23,26)(H,24,27)/t14-,15+/m1/s1. The molecule has 0 unspecified atom stereocenters. The number of alkyl halides is 3. The molecular weight excluding hydrogens is 359 g/mol. The lowest BCUT2D eigenvalue weighted by atomic mass is 9.90. The van der Waals surface area contributed by atoms with Crippen LogP contribution in [0, 0.1) is 0 Å². The van der Waals surface area contributed by atoms with Gasteiger partial charge in [0.15, 0.2) is 0 Å².